The Morgan fingerprint density at radius 1 is 1.69 bits per heavy atom. The first-order valence-corrected chi connectivity index (χ1v) is 4.44. The smallest absolute Gasteiger partial charge is 0.0996 e. The van der Waals surface area contributed by atoms with Gasteiger partial charge in [-0.3, -0.25) is 4.68 Å². The topological polar surface area (TPSA) is 64.1 Å². The van der Waals surface area contributed by atoms with Gasteiger partial charge in [0, 0.05) is 7.05 Å². The Bertz CT molecular complexity index is 263. The van der Waals surface area contributed by atoms with Crippen LogP contribution in [0.2, 0.25) is 0 Å². The number of nitrogens with two attached hydrogens (primary N) is 1. The number of aliphatic hydroxyl groups excluding tert-OH is 1. The minimum atomic E-state index is -0.516. The SMILES string of the molecule is Cc1cnn(C)c1C(O)C(C)CN. The highest BCUT2D eigenvalue weighted by molar-refractivity contribution is 5.18. The van der Waals surface area contributed by atoms with Crippen LogP contribution in [-0.4, -0.2) is 21.4 Å². The van der Waals surface area contributed by atoms with Gasteiger partial charge < -0.3 is 10.8 Å². The summed E-state index contributed by atoms with van der Waals surface area (Å²) in [6.07, 6.45) is 1.24. The van der Waals surface area contributed by atoms with Crippen molar-refractivity contribution in [1.82, 2.24) is 9.78 Å². The molecule has 0 amide bonds. The number of nitrogens with zero attached hydrogens (tertiary/aromatic N) is 2. The zero-order chi connectivity index (χ0) is 10.0. The molecule has 3 N–H and O–H groups in total. The lowest BCUT2D eigenvalue weighted by Gasteiger charge is -2.18. The van der Waals surface area contributed by atoms with Crippen molar-refractivity contribution in [3.63, 3.8) is 0 Å². The van der Waals surface area contributed by atoms with Gasteiger partial charge in [-0.1, -0.05) is 6.92 Å². The Kier molecular flexibility index (Phi) is 3.06. The van der Waals surface area contributed by atoms with Gasteiger partial charge in [0.05, 0.1) is 18.0 Å². The van der Waals surface area contributed by atoms with Crippen molar-refractivity contribution < 1.29 is 5.11 Å². The van der Waals surface area contributed by atoms with E-state index in [1.165, 1.54) is 0 Å². The highest BCUT2D eigenvalue weighted by Crippen LogP contribution is 2.22. The second-order valence-electron chi connectivity index (χ2n) is 3.49. The van der Waals surface area contributed by atoms with Crippen molar-refractivity contribution in [3.8, 4) is 0 Å². The predicted molar refractivity (Wildman–Crippen MR) is 51.1 cm³/mol. The maximum atomic E-state index is 9.90. The third-order valence-electron chi connectivity index (χ3n) is 2.37. The summed E-state index contributed by atoms with van der Waals surface area (Å²) in [5, 5.41) is 14.0. The molecule has 1 aromatic heterocycles. The van der Waals surface area contributed by atoms with Crippen molar-refractivity contribution in [2.75, 3.05) is 6.54 Å². The van der Waals surface area contributed by atoms with E-state index in [0.717, 1.165) is 11.3 Å². The van der Waals surface area contributed by atoms with Crippen molar-refractivity contribution in [3.05, 3.63) is 17.5 Å². The standard InChI is InChI=1S/C9H17N3O/c1-6(4-10)9(13)8-7(2)5-11-12(8)3/h5-6,9,13H,4,10H2,1-3H3. The van der Waals surface area contributed by atoms with Gasteiger partial charge in [0.15, 0.2) is 0 Å². The molecule has 0 saturated carbocycles. The molecule has 1 rings (SSSR count). The van der Waals surface area contributed by atoms with Crippen molar-refractivity contribution in [1.29, 1.82) is 0 Å². The van der Waals surface area contributed by atoms with Gasteiger partial charge in [-0.05, 0) is 24.9 Å². The predicted octanol–water partition coefficient (Wildman–Crippen LogP) is 0.357. The molecule has 0 spiro atoms. The number of hydrogen-bond donors (Lipinski definition) is 2. The van der Waals surface area contributed by atoms with Crippen LogP contribution in [0.3, 0.4) is 0 Å². The molecule has 4 nitrogen and oxygen atoms in total. The Hall–Kier alpha value is -0.870. The zero-order valence-electron chi connectivity index (χ0n) is 8.36. The highest BCUT2D eigenvalue weighted by atomic mass is 16.3. The van der Waals surface area contributed by atoms with E-state index in [9.17, 15) is 5.11 Å². The van der Waals surface area contributed by atoms with Crippen LogP contribution in [0.15, 0.2) is 6.20 Å². The summed E-state index contributed by atoms with van der Waals surface area (Å²) in [6.45, 7) is 4.34. The first kappa shape index (κ1) is 10.2. The second-order valence-corrected chi connectivity index (χ2v) is 3.49. The minimum Gasteiger partial charge on any atom is -0.386 e. The summed E-state index contributed by atoms with van der Waals surface area (Å²) < 4.78 is 1.70. The first-order valence-electron chi connectivity index (χ1n) is 4.44. The summed E-state index contributed by atoms with van der Waals surface area (Å²) in [6, 6.07) is 0. The summed E-state index contributed by atoms with van der Waals surface area (Å²) in [5.41, 5.74) is 7.36. The van der Waals surface area contributed by atoms with Gasteiger partial charge >= 0.3 is 0 Å². The largest absolute Gasteiger partial charge is 0.386 e. The van der Waals surface area contributed by atoms with Crippen LogP contribution in [0.4, 0.5) is 0 Å². The average molecular weight is 183 g/mol. The van der Waals surface area contributed by atoms with E-state index in [-0.39, 0.29) is 5.92 Å². The molecule has 13 heavy (non-hydrogen) atoms. The van der Waals surface area contributed by atoms with Crippen LogP contribution in [0.25, 0.3) is 0 Å². The lowest BCUT2D eigenvalue weighted by molar-refractivity contribution is 0.112. The molecule has 0 aliphatic rings. The number of rotatable bonds is 3. The van der Waals surface area contributed by atoms with E-state index in [4.69, 9.17) is 5.73 Å². The fraction of sp³-hybridized carbons (Fsp3) is 0.667. The summed E-state index contributed by atoms with van der Waals surface area (Å²) in [4.78, 5) is 0. The molecule has 1 heterocycles. The highest BCUT2D eigenvalue weighted by Gasteiger charge is 2.20. The van der Waals surface area contributed by atoms with E-state index in [2.05, 4.69) is 5.10 Å². The van der Waals surface area contributed by atoms with Gasteiger partial charge in [0.25, 0.3) is 0 Å². The molecular formula is C9H17N3O. The van der Waals surface area contributed by atoms with Crippen LogP contribution in [0.5, 0.6) is 0 Å². The molecular weight excluding hydrogens is 166 g/mol. The quantitative estimate of drug-likeness (QED) is 0.711. The number of aliphatic hydroxyl groups is 1. The molecule has 0 aromatic carbocycles. The van der Waals surface area contributed by atoms with Crippen LogP contribution >= 0.6 is 0 Å². The molecule has 0 radical (unpaired) electrons. The van der Waals surface area contributed by atoms with E-state index in [1.807, 2.05) is 20.9 Å². The minimum absolute atomic E-state index is 0.0640. The maximum absolute atomic E-state index is 9.90. The molecule has 0 saturated heterocycles. The van der Waals surface area contributed by atoms with Crippen LogP contribution in [0, 0.1) is 12.8 Å². The molecule has 0 fully saturated rings. The van der Waals surface area contributed by atoms with Crippen LogP contribution in [0.1, 0.15) is 24.3 Å². The zero-order valence-corrected chi connectivity index (χ0v) is 8.36. The Balaban J connectivity index is 2.93. The normalized spacial score (nSPS) is 15.8. The fourth-order valence-corrected chi connectivity index (χ4v) is 1.38. The van der Waals surface area contributed by atoms with Crippen molar-refractivity contribution >= 4 is 0 Å². The van der Waals surface area contributed by atoms with Crippen molar-refractivity contribution in [2.24, 2.45) is 18.7 Å². The van der Waals surface area contributed by atoms with E-state index in [1.54, 1.807) is 10.9 Å². The molecule has 0 aliphatic heterocycles. The Labute approximate surface area is 78.4 Å². The average Bonchev–Trinajstić information content (AvgIpc) is 2.44. The Morgan fingerprint density at radius 3 is 2.69 bits per heavy atom. The molecule has 2 atom stereocenters. The van der Waals surface area contributed by atoms with E-state index in [0.29, 0.717) is 6.54 Å². The van der Waals surface area contributed by atoms with Crippen molar-refractivity contribution in [2.45, 2.75) is 20.0 Å². The fourth-order valence-electron chi connectivity index (χ4n) is 1.38. The van der Waals surface area contributed by atoms with Crippen LogP contribution < -0.4 is 5.73 Å². The van der Waals surface area contributed by atoms with Gasteiger partial charge in [-0.15, -0.1) is 0 Å². The lowest BCUT2D eigenvalue weighted by atomic mass is 10.00. The molecule has 2 unspecified atom stereocenters. The molecule has 74 valence electrons. The van der Waals surface area contributed by atoms with Gasteiger partial charge in [-0.2, -0.15) is 5.10 Å². The second kappa shape index (κ2) is 3.89. The molecule has 4 heteroatoms. The number of aromatic nitrogens is 2. The third kappa shape index (κ3) is 1.89. The van der Waals surface area contributed by atoms with E-state index >= 15 is 0 Å². The summed E-state index contributed by atoms with van der Waals surface area (Å²) >= 11 is 0. The third-order valence-corrected chi connectivity index (χ3v) is 2.37. The van der Waals surface area contributed by atoms with Gasteiger partial charge in [0.1, 0.15) is 0 Å². The van der Waals surface area contributed by atoms with Gasteiger partial charge in [-0.25, -0.2) is 0 Å². The number of aryl methyl sites for hydroxylation is 2. The molecule has 1 aromatic rings. The molecule has 0 aliphatic carbocycles. The summed E-state index contributed by atoms with van der Waals surface area (Å²) in [5.74, 6) is 0.0640. The number of hydrogen-bond acceptors (Lipinski definition) is 3. The lowest BCUT2D eigenvalue weighted by Crippen LogP contribution is -2.21. The maximum Gasteiger partial charge on any atom is 0.0996 e. The monoisotopic (exact) mass is 183 g/mol. The van der Waals surface area contributed by atoms with E-state index < -0.39 is 6.10 Å². The molecule has 0 bridgehead atoms. The summed E-state index contributed by atoms with van der Waals surface area (Å²) in [7, 11) is 1.83. The van der Waals surface area contributed by atoms with Crippen LogP contribution in [-0.2, 0) is 7.05 Å². The Morgan fingerprint density at radius 2 is 2.31 bits per heavy atom. The first-order chi connectivity index (χ1) is 6.07. The van der Waals surface area contributed by atoms with Gasteiger partial charge in [0.2, 0.25) is 0 Å².